The highest BCUT2D eigenvalue weighted by Gasteiger charge is 2.05. The van der Waals surface area contributed by atoms with Gasteiger partial charge >= 0.3 is 5.37 Å². The number of halogens is 1. The SMILES string of the molecule is CCCN(C=O)C(=O)Cl. The van der Waals surface area contributed by atoms with Gasteiger partial charge in [0.05, 0.1) is 0 Å². The van der Waals surface area contributed by atoms with Crippen molar-refractivity contribution in [2.75, 3.05) is 6.54 Å². The number of rotatable bonds is 3. The molecule has 0 unspecified atom stereocenters. The van der Waals surface area contributed by atoms with E-state index >= 15 is 0 Å². The van der Waals surface area contributed by atoms with Crippen molar-refractivity contribution in [3.8, 4) is 0 Å². The fourth-order valence-electron chi connectivity index (χ4n) is 0.423. The Labute approximate surface area is 58.6 Å². The smallest absolute Gasteiger partial charge is 0.278 e. The van der Waals surface area contributed by atoms with Gasteiger partial charge < -0.3 is 0 Å². The maximum absolute atomic E-state index is 10.2. The lowest BCUT2D eigenvalue weighted by Crippen LogP contribution is -2.24. The average Bonchev–Trinajstić information content (AvgIpc) is 1.82. The van der Waals surface area contributed by atoms with Crippen LogP contribution in [0.4, 0.5) is 4.79 Å². The molecule has 3 nitrogen and oxygen atoms in total. The molecule has 0 radical (unpaired) electrons. The molecule has 0 aliphatic carbocycles. The highest BCUT2D eigenvalue weighted by atomic mass is 35.5. The summed E-state index contributed by atoms with van der Waals surface area (Å²) in [5.41, 5.74) is 0. The molecule has 52 valence electrons. The Hall–Kier alpha value is -0.570. The van der Waals surface area contributed by atoms with E-state index in [0.717, 1.165) is 11.3 Å². The molecule has 9 heavy (non-hydrogen) atoms. The van der Waals surface area contributed by atoms with Crippen LogP contribution in [0.25, 0.3) is 0 Å². The fraction of sp³-hybridized carbons (Fsp3) is 0.600. The van der Waals surface area contributed by atoms with Crippen molar-refractivity contribution in [1.29, 1.82) is 0 Å². The van der Waals surface area contributed by atoms with Crippen molar-refractivity contribution in [3.63, 3.8) is 0 Å². The van der Waals surface area contributed by atoms with Crippen LogP contribution in [0, 0.1) is 0 Å². The zero-order chi connectivity index (χ0) is 7.28. The van der Waals surface area contributed by atoms with Crippen LogP contribution in [0.5, 0.6) is 0 Å². The minimum atomic E-state index is -0.716. The minimum absolute atomic E-state index is 0.395. The lowest BCUT2D eigenvalue weighted by molar-refractivity contribution is -0.115. The Morgan fingerprint density at radius 1 is 1.78 bits per heavy atom. The number of carbonyl (C=O) groups excluding carboxylic acids is 2. The van der Waals surface area contributed by atoms with Gasteiger partial charge in [-0.3, -0.25) is 14.5 Å². The molecule has 0 rings (SSSR count). The highest BCUT2D eigenvalue weighted by molar-refractivity contribution is 6.63. The van der Waals surface area contributed by atoms with Crippen LogP contribution in [-0.2, 0) is 4.79 Å². The van der Waals surface area contributed by atoms with Gasteiger partial charge in [-0.2, -0.15) is 0 Å². The number of carbonyl (C=O) groups is 2. The van der Waals surface area contributed by atoms with E-state index < -0.39 is 5.37 Å². The van der Waals surface area contributed by atoms with Crippen LogP contribution in [0.15, 0.2) is 0 Å². The molecule has 0 aliphatic rings. The normalized spacial score (nSPS) is 8.67. The van der Waals surface area contributed by atoms with Crippen molar-refractivity contribution in [1.82, 2.24) is 4.90 Å². The van der Waals surface area contributed by atoms with E-state index in [-0.39, 0.29) is 0 Å². The molecular formula is C5H8ClNO2. The van der Waals surface area contributed by atoms with E-state index in [0.29, 0.717) is 13.0 Å². The van der Waals surface area contributed by atoms with Crippen LogP contribution in [0.3, 0.4) is 0 Å². The Morgan fingerprint density at radius 3 is 2.44 bits per heavy atom. The quantitative estimate of drug-likeness (QED) is 0.344. The Kier molecular flexibility index (Phi) is 4.05. The van der Waals surface area contributed by atoms with Gasteiger partial charge in [0.2, 0.25) is 6.41 Å². The highest BCUT2D eigenvalue weighted by Crippen LogP contribution is 1.93. The van der Waals surface area contributed by atoms with Crippen LogP contribution >= 0.6 is 11.6 Å². The minimum Gasteiger partial charge on any atom is -0.278 e. The molecule has 0 saturated carbocycles. The lowest BCUT2D eigenvalue weighted by Gasteiger charge is -2.07. The first-order valence-corrected chi connectivity index (χ1v) is 3.01. The number of amides is 2. The van der Waals surface area contributed by atoms with E-state index in [9.17, 15) is 9.59 Å². The molecule has 0 aromatic heterocycles. The molecule has 0 saturated heterocycles. The van der Waals surface area contributed by atoms with Gasteiger partial charge in [0.15, 0.2) is 0 Å². The second kappa shape index (κ2) is 4.32. The molecular weight excluding hydrogens is 142 g/mol. The topological polar surface area (TPSA) is 37.4 Å². The third-order valence-electron chi connectivity index (χ3n) is 0.818. The molecule has 0 aliphatic heterocycles. The predicted octanol–water partition coefficient (Wildman–Crippen LogP) is 1.21. The summed E-state index contributed by atoms with van der Waals surface area (Å²) < 4.78 is 0. The Bertz CT molecular complexity index is 116. The summed E-state index contributed by atoms with van der Waals surface area (Å²) >= 11 is 4.98. The van der Waals surface area contributed by atoms with Gasteiger partial charge in [-0.25, -0.2) is 0 Å². The summed E-state index contributed by atoms with van der Waals surface area (Å²) in [5, 5.41) is -0.716. The Morgan fingerprint density at radius 2 is 2.33 bits per heavy atom. The van der Waals surface area contributed by atoms with E-state index in [1.165, 1.54) is 0 Å². The molecule has 0 N–H and O–H groups in total. The molecule has 0 spiro atoms. The van der Waals surface area contributed by atoms with Crippen LogP contribution in [-0.4, -0.2) is 23.2 Å². The molecule has 0 aromatic carbocycles. The monoisotopic (exact) mass is 149 g/mol. The van der Waals surface area contributed by atoms with Gasteiger partial charge in [0, 0.05) is 6.54 Å². The van der Waals surface area contributed by atoms with Crippen molar-refractivity contribution in [3.05, 3.63) is 0 Å². The second-order valence-electron chi connectivity index (χ2n) is 1.55. The van der Waals surface area contributed by atoms with Crippen LogP contribution < -0.4 is 0 Å². The van der Waals surface area contributed by atoms with E-state index in [1.54, 1.807) is 0 Å². The third kappa shape index (κ3) is 3.08. The van der Waals surface area contributed by atoms with Gasteiger partial charge in [-0.15, -0.1) is 0 Å². The number of hydrogen-bond donors (Lipinski definition) is 0. The number of nitrogens with zero attached hydrogens (tertiary/aromatic N) is 1. The summed E-state index contributed by atoms with van der Waals surface area (Å²) in [6, 6.07) is 0. The molecule has 4 heteroatoms. The summed E-state index contributed by atoms with van der Waals surface area (Å²) in [6.07, 6.45) is 1.16. The predicted molar refractivity (Wildman–Crippen MR) is 34.3 cm³/mol. The van der Waals surface area contributed by atoms with Crippen LogP contribution in [0.1, 0.15) is 13.3 Å². The summed E-state index contributed by atoms with van der Waals surface area (Å²) in [6.45, 7) is 2.25. The lowest BCUT2D eigenvalue weighted by atomic mass is 10.5. The van der Waals surface area contributed by atoms with Gasteiger partial charge in [-0.05, 0) is 18.0 Å². The molecule has 0 heterocycles. The first-order valence-electron chi connectivity index (χ1n) is 2.63. The second-order valence-corrected chi connectivity index (χ2v) is 1.88. The zero-order valence-corrected chi connectivity index (χ0v) is 5.89. The molecule has 2 amide bonds. The van der Waals surface area contributed by atoms with E-state index in [2.05, 4.69) is 0 Å². The van der Waals surface area contributed by atoms with Gasteiger partial charge in [0.25, 0.3) is 0 Å². The van der Waals surface area contributed by atoms with Crippen molar-refractivity contribution in [2.45, 2.75) is 13.3 Å². The third-order valence-corrected chi connectivity index (χ3v) is 1.03. The molecule has 0 fully saturated rings. The number of hydrogen-bond acceptors (Lipinski definition) is 2. The maximum atomic E-state index is 10.2. The van der Waals surface area contributed by atoms with Crippen molar-refractivity contribution >= 4 is 23.4 Å². The van der Waals surface area contributed by atoms with Gasteiger partial charge in [-0.1, -0.05) is 6.92 Å². The summed E-state index contributed by atoms with van der Waals surface area (Å²) in [5.74, 6) is 0. The number of imide groups is 1. The van der Waals surface area contributed by atoms with Crippen molar-refractivity contribution in [2.24, 2.45) is 0 Å². The van der Waals surface area contributed by atoms with Crippen molar-refractivity contribution < 1.29 is 9.59 Å². The summed E-state index contributed by atoms with van der Waals surface area (Å²) in [7, 11) is 0. The largest absolute Gasteiger partial charge is 0.322 e. The average molecular weight is 150 g/mol. The standard InChI is InChI=1S/C5H8ClNO2/c1-2-3-7(4-8)5(6)9/h4H,2-3H2,1H3. The first-order chi connectivity index (χ1) is 4.22. The molecule has 0 aromatic rings. The summed E-state index contributed by atoms with van der Waals surface area (Å²) in [4.78, 5) is 21.1. The first kappa shape index (κ1) is 8.43. The molecule has 0 bridgehead atoms. The van der Waals surface area contributed by atoms with Gasteiger partial charge in [0.1, 0.15) is 0 Å². The van der Waals surface area contributed by atoms with E-state index in [4.69, 9.17) is 11.6 Å². The zero-order valence-electron chi connectivity index (χ0n) is 5.13. The fourth-order valence-corrected chi connectivity index (χ4v) is 0.547. The van der Waals surface area contributed by atoms with E-state index in [1.807, 2.05) is 6.92 Å². The van der Waals surface area contributed by atoms with Crippen LogP contribution in [0.2, 0.25) is 0 Å². The maximum Gasteiger partial charge on any atom is 0.322 e. The molecule has 0 atom stereocenters. The Balaban J connectivity index is 3.68.